The molecule has 1 amide bonds. The number of nitro groups is 1. The topological polar surface area (TPSA) is 93.9 Å². The predicted molar refractivity (Wildman–Crippen MR) is 130 cm³/mol. The van der Waals surface area contributed by atoms with Crippen LogP contribution in [0, 0.1) is 17.0 Å². The standard InChI is InChI=1S/C26H27N3O5/c1-17-21(10-7-11-22(17)29(31)32)27-25(30)16-28-13-12-19-14-23(33-2)24(34-3)15-20(19)26(28)18-8-5-4-6-9-18/h4-11,14-15,26H,12-13,16H2,1-3H3,(H,27,30)/t26-/m1/s1. The highest BCUT2D eigenvalue weighted by Gasteiger charge is 2.31. The maximum atomic E-state index is 13.1. The van der Waals surface area contributed by atoms with E-state index in [9.17, 15) is 14.9 Å². The van der Waals surface area contributed by atoms with Crippen molar-refractivity contribution in [1.82, 2.24) is 4.90 Å². The number of carbonyl (C=O) groups is 1. The average Bonchev–Trinajstić information content (AvgIpc) is 2.84. The van der Waals surface area contributed by atoms with Crippen molar-refractivity contribution in [1.29, 1.82) is 0 Å². The lowest BCUT2D eigenvalue weighted by Gasteiger charge is -2.37. The molecule has 8 heteroatoms. The molecule has 0 aromatic heterocycles. The highest BCUT2D eigenvalue weighted by atomic mass is 16.6. The zero-order valence-corrected chi connectivity index (χ0v) is 19.4. The lowest BCUT2D eigenvalue weighted by atomic mass is 9.87. The van der Waals surface area contributed by atoms with Crippen molar-refractivity contribution in [3.8, 4) is 11.5 Å². The van der Waals surface area contributed by atoms with Gasteiger partial charge in [0, 0.05) is 12.6 Å². The molecule has 0 unspecified atom stereocenters. The number of ether oxygens (including phenoxy) is 2. The Morgan fingerprint density at radius 1 is 1.09 bits per heavy atom. The molecule has 4 rings (SSSR count). The molecule has 1 aliphatic heterocycles. The minimum Gasteiger partial charge on any atom is -0.493 e. The van der Waals surface area contributed by atoms with Gasteiger partial charge in [-0.2, -0.15) is 0 Å². The minimum absolute atomic E-state index is 0.0205. The van der Waals surface area contributed by atoms with E-state index in [4.69, 9.17) is 9.47 Å². The Morgan fingerprint density at radius 2 is 1.79 bits per heavy atom. The van der Waals surface area contributed by atoms with Crippen LogP contribution in [-0.2, 0) is 11.2 Å². The predicted octanol–water partition coefficient (Wildman–Crippen LogP) is 4.51. The molecule has 0 spiro atoms. The zero-order chi connectivity index (χ0) is 24.2. The van der Waals surface area contributed by atoms with E-state index in [1.54, 1.807) is 33.3 Å². The number of rotatable bonds is 7. The van der Waals surface area contributed by atoms with Gasteiger partial charge >= 0.3 is 0 Å². The SMILES string of the molecule is COc1cc2c(cc1OC)[C@@H](c1ccccc1)N(CC(=O)Nc1cccc([N+](=O)[O-])c1C)CC2. The minimum atomic E-state index is -0.445. The van der Waals surface area contributed by atoms with E-state index in [2.05, 4.69) is 10.2 Å². The smallest absolute Gasteiger partial charge is 0.274 e. The lowest BCUT2D eigenvalue weighted by Crippen LogP contribution is -2.41. The summed E-state index contributed by atoms with van der Waals surface area (Å²) in [6.07, 6.45) is 0.752. The highest BCUT2D eigenvalue weighted by Crippen LogP contribution is 2.41. The van der Waals surface area contributed by atoms with E-state index in [-0.39, 0.29) is 24.2 Å². The van der Waals surface area contributed by atoms with Crippen LogP contribution < -0.4 is 14.8 Å². The van der Waals surface area contributed by atoms with Gasteiger partial charge in [-0.05, 0) is 48.2 Å². The molecule has 3 aromatic rings. The zero-order valence-electron chi connectivity index (χ0n) is 19.4. The Morgan fingerprint density at radius 3 is 2.47 bits per heavy atom. The number of hydrogen-bond donors (Lipinski definition) is 1. The van der Waals surface area contributed by atoms with Crippen LogP contribution in [0.1, 0.15) is 28.3 Å². The third kappa shape index (κ3) is 4.58. The molecule has 1 atom stereocenters. The summed E-state index contributed by atoms with van der Waals surface area (Å²) < 4.78 is 11.0. The Bertz CT molecular complexity index is 1210. The fraction of sp³-hybridized carbons (Fsp3) is 0.269. The maximum Gasteiger partial charge on any atom is 0.274 e. The highest BCUT2D eigenvalue weighted by molar-refractivity contribution is 5.93. The van der Waals surface area contributed by atoms with E-state index in [1.807, 2.05) is 42.5 Å². The summed E-state index contributed by atoms with van der Waals surface area (Å²) in [6.45, 7) is 2.44. The normalized spacial score (nSPS) is 15.3. The van der Waals surface area contributed by atoms with Gasteiger partial charge in [0.2, 0.25) is 5.91 Å². The molecular weight excluding hydrogens is 434 g/mol. The second-order valence-corrected chi connectivity index (χ2v) is 8.19. The molecule has 3 aromatic carbocycles. The van der Waals surface area contributed by atoms with E-state index in [0.717, 1.165) is 23.1 Å². The Labute approximate surface area is 198 Å². The van der Waals surface area contributed by atoms with Crippen LogP contribution in [0.3, 0.4) is 0 Å². The van der Waals surface area contributed by atoms with Crippen LogP contribution in [0.25, 0.3) is 0 Å². The lowest BCUT2D eigenvalue weighted by molar-refractivity contribution is -0.385. The number of fused-ring (bicyclic) bond motifs is 1. The number of nitrogens with one attached hydrogen (secondary N) is 1. The molecule has 0 aliphatic carbocycles. The number of benzene rings is 3. The first kappa shape index (κ1) is 23.3. The van der Waals surface area contributed by atoms with E-state index in [0.29, 0.717) is 29.3 Å². The summed E-state index contributed by atoms with van der Waals surface area (Å²) in [5.41, 5.74) is 4.13. The van der Waals surface area contributed by atoms with Crippen LogP contribution in [0.4, 0.5) is 11.4 Å². The molecule has 1 aliphatic rings. The number of nitro benzene ring substituents is 1. The van der Waals surface area contributed by atoms with Crippen LogP contribution in [0.5, 0.6) is 11.5 Å². The van der Waals surface area contributed by atoms with Gasteiger partial charge in [-0.25, -0.2) is 0 Å². The number of anilines is 1. The summed E-state index contributed by atoms with van der Waals surface area (Å²) in [4.78, 5) is 26.0. The third-order valence-corrected chi connectivity index (χ3v) is 6.21. The Balaban J connectivity index is 1.65. The van der Waals surface area contributed by atoms with E-state index < -0.39 is 4.92 Å². The van der Waals surface area contributed by atoms with Gasteiger partial charge in [0.15, 0.2) is 11.5 Å². The van der Waals surface area contributed by atoms with Gasteiger partial charge in [0.25, 0.3) is 5.69 Å². The molecule has 0 fully saturated rings. The fourth-order valence-electron chi connectivity index (χ4n) is 4.52. The largest absolute Gasteiger partial charge is 0.493 e. The number of methoxy groups -OCH3 is 2. The van der Waals surface area contributed by atoms with Crippen molar-refractivity contribution in [2.45, 2.75) is 19.4 Å². The van der Waals surface area contributed by atoms with Gasteiger partial charge in [-0.1, -0.05) is 36.4 Å². The van der Waals surface area contributed by atoms with Gasteiger partial charge in [0.1, 0.15) is 0 Å². The molecule has 176 valence electrons. The van der Waals surface area contributed by atoms with Crippen LogP contribution in [0.2, 0.25) is 0 Å². The first-order valence-corrected chi connectivity index (χ1v) is 11.0. The summed E-state index contributed by atoms with van der Waals surface area (Å²) >= 11 is 0. The summed E-state index contributed by atoms with van der Waals surface area (Å²) in [6, 6.07) is 18.5. The Hall–Kier alpha value is -3.91. The van der Waals surface area contributed by atoms with Gasteiger partial charge < -0.3 is 14.8 Å². The van der Waals surface area contributed by atoms with E-state index in [1.165, 1.54) is 6.07 Å². The molecule has 0 saturated carbocycles. The number of nitrogens with zero attached hydrogens (tertiary/aromatic N) is 2. The van der Waals surface area contributed by atoms with Crippen molar-refractivity contribution in [3.05, 3.63) is 93.0 Å². The maximum absolute atomic E-state index is 13.1. The molecule has 8 nitrogen and oxygen atoms in total. The van der Waals surface area contributed by atoms with Crippen molar-refractivity contribution in [2.75, 3.05) is 32.6 Å². The summed E-state index contributed by atoms with van der Waals surface area (Å²) in [5, 5.41) is 14.1. The second-order valence-electron chi connectivity index (χ2n) is 8.19. The van der Waals surface area contributed by atoms with Gasteiger partial charge in [0.05, 0.1) is 43.0 Å². The van der Waals surface area contributed by atoms with Crippen molar-refractivity contribution in [3.63, 3.8) is 0 Å². The number of carbonyl (C=O) groups excluding carboxylic acids is 1. The Kier molecular flexibility index (Phi) is 6.79. The fourth-order valence-corrected chi connectivity index (χ4v) is 4.52. The van der Waals surface area contributed by atoms with Gasteiger partial charge in [-0.15, -0.1) is 0 Å². The monoisotopic (exact) mass is 461 g/mol. The van der Waals surface area contributed by atoms with Crippen molar-refractivity contribution < 1.29 is 19.2 Å². The van der Waals surface area contributed by atoms with E-state index >= 15 is 0 Å². The average molecular weight is 462 g/mol. The molecule has 0 saturated heterocycles. The molecule has 0 bridgehead atoms. The number of amides is 1. The molecular formula is C26H27N3O5. The summed E-state index contributed by atoms with van der Waals surface area (Å²) in [7, 11) is 3.23. The third-order valence-electron chi connectivity index (χ3n) is 6.21. The number of hydrogen-bond acceptors (Lipinski definition) is 6. The quantitative estimate of drug-likeness (QED) is 0.411. The summed E-state index contributed by atoms with van der Waals surface area (Å²) in [5.74, 6) is 1.09. The first-order chi connectivity index (χ1) is 16.4. The van der Waals surface area contributed by atoms with Crippen molar-refractivity contribution in [2.24, 2.45) is 0 Å². The molecule has 1 heterocycles. The van der Waals surface area contributed by atoms with Crippen LogP contribution in [-0.4, -0.2) is 43.0 Å². The van der Waals surface area contributed by atoms with Crippen LogP contribution >= 0.6 is 0 Å². The first-order valence-electron chi connectivity index (χ1n) is 11.0. The molecule has 34 heavy (non-hydrogen) atoms. The van der Waals surface area contributed by atoms with Crippen molar-refractivity contribution >= 4 is 17.3 Å². The van der Waals surface area contributed by atoms with Crippen LogP contribution in [0.15, 0.2) is 60.7 Å². The van der Waals surface area contributed by atoms with Gasteiger partial charge in [-0.3, -0.25) is 19.8 Å². The second kappa shape index (κ2) is 9.93. The molecule has 1 N–H and O–H groups in total. The molecule has 0 radical (unpaired) electrons.